The highest BCUT2D eigenvalue weighted by Gasteiger charge is 2.01. The number of ether oxygens (including phenoxy) is 1. The van der Waals surface area contributed by atoms with Crippen molar-refractivity contribution < 1.29 is 9.13 Å². The van der Waals surface area contributed by atoms with Gasteiger partial charge in [0.15, 0.2) is 5.96 Å². The average Bonchev–Trinajstić information content (AvgIpc) is 2.41. The van der Waals surface area contributed by atoms with Gasteiger partial charge in [-0.2, -0.15) is 0 Å². The van der Waals surface area contributed by atoms with E-state index in [1.165, 1.54) is 6.07 Å². The number of aliphatic imine (C=N–C) groups is 1. The zero-order valence-corrected chi connectivity index (χ0v) is 15.2. The van der Waals surface area contributed by atoms with Crippen LogP contribution in [0.4, 0.5) is 4.39 Å². The summed E-state index contributed by atoms with van der Waals surface area (Å²) >= 11 is 0. The molecule has 0 fully saturated rings. The highest BCUT2D eigenvalue weighted by molar-refractivity contribution is 14.0. The highest BCUT2D eigenvalue weighted by atomic mass is 127. The molecule has 6 heteroatoms. The van der Waals surface area contributed by atoms with Gasteiger partial charge < -0.3 is 15.4 Å². The Morgan fingerprint density at radius 3 is 2.71 bits per heavy atom. The van der Waals surface area contributed by atoms with Crippen LogP contribution in [-0.4, -0.2) is 39.3 Å². The monoisotopic (exact) mass is 409 g/mol. The Morgan fingerprint density at radius 1 is 1.33 bits per heavy atom. The third kappa shape index (κ3) is 8.21. The molecule has 21 heavy (non-hydrogen) atoms. The minimum Gasteiger partial charge on any atom is -0.383 e. The maximum Gasteiger partial charge on any atom is 0.191 e. The summed E-state index contributed by atoms with van der Waals surface area (Å²) in [7, 11) is 1.66. The first kappa shape index (κ1) is 20.1. The van der Waals surface area contributed by atoms with E-state index in [4.69, 9.17) is 4.74 Å². The van der Waals surface area contributed by atoms with Crippen LogP contribution < -0.4 is 10.6 Å². The van der Waals surface area contributed by atoms with Crippen molar-refractivity contribution in [3.63, 3.8) is 0 Å². The standard InChI is InChI=1S/C15H24FN3O.HI/c1-4-17-15(19-9-10-20-3)18-8-7-13-5-6-14(16)11-12(13)2;/h5-6,11H,4,7-10H2,1-3H3,(H2,17,18,19);1H. The van der Waals surface area contributed by atoms with Gasteiger partial charge in [-0.05, 0) is 43.5 Å². The minimum absolute atomic E-state index is 0. The molecule has 0 saturated carbocycles. The smallest absolute Gasteiger partial charge is 0.191 e. The minimum atomic E-state index is -0.186. The van der Waals surface area contributed by atoms with Crippen molar-refractivity contribution >= 4 is 29.9 Å². The van der Waals surface area contributed by atoms with Crippen LogP contribution in [0, 0.1) is 12.7 Å². The second kappa shape index (κ2) is 11.7. The van der Waals surface area contributed by atoms with Crippen LogP contribution in [0.1, 0.15) is 18.1 Å². The van der Waals surface area contributed by atoms with Gasteiger partial charge in [-0.15, -0.1) is 24.0 Å². The van der Waals surface area contributed by atoms with Gasteiger partial charge in [-0.25, -0.2) is 4.39 Å². The first-order valence-electron chi connectivity index (χ1n) is 6.93. The fourth-order valence-corrected chi connectivity index (χ4v) is 1.85. The van der Waals surface area contributed by atoms with Crippen LogP contribution in [0.15, 0.2) is 23.2 Å². The number of nitrogens with one attached hydrogen (secondary N) is 2. The van der Waals surface area contributed by atoms with Crippen molar-refractivity contribution in [1.29, 1.82) is 0 Å². The molecule has 0 aliphatic rings. The fraction of sp³-hybridized carbons (Fsp3) is 0.533. The molecule has 0 amide bonds. The van der Waals surface area contributed by atoms with E-state index in [-0.39, 0.29) is 29.8 Å². The predicted octanol–water partition coefficient (Wildman–Crippen LogP) is 2.50. The molecule has 0 spiro atoms. The summed E-state index contributed by atoms with van der Waals surface area (Å²) in [5.41, 5.74) is 2.12. The first-order valence-corrected chi connectivity index (χ1v) is 6.93. The van der Waals surface area contributed by atoms with Gasteiger partial charge in [0.2, 0.25) is 0 Å². The fourth-order valence-electron chi connectivity index (χ4n) is 1.85. The van der Waals surface area contributed by atoms with E-state index in [2.05, 4.69) is 15.6 Å². The van der Waals surface area contributed by atoms with Crippen molar-refractivity contribution in [2.24, 2.45) is 4.99 Å². The number of halogens is 2. The Balaban J connectivity index is 0.00000400. The van der Waals surface area contributed by atoms with E-state index in [9.17, 15) is 4.39 Å². The lowest BCUT2D eigenvalue weighted by Gasteiger charge is -2.12. The predicted molar refractivity (Wildman–Crippen MR) is 96.1 cm³/mol. The number of benzene rings is 1. The summed E-state index contributed by atoms with van der Waals surface area (Å²) in [4.78, 5) is 4.38. The third-order valence-electron chi connectivity index (χ3n) is 2.90. The van der Waals surface area contributed by atoms with E-state index < -0.39 is 0 Å². The number of rotatable bonds is 7. The number of guanidine groups is 1. The van der Waals surface area contributed by atoms with Gasteiger partial charge >= 0.3 is 0 Å². The summed E-state index contributed by atoms with van der Waals surface area (Å²) in [5.74, 6) is 0.595. The van der Waals surface area contributed by atoms with Gasteiger partial charge in [0.1, 0.15) is 5.82 Å². The van der Waals surface area contributed by atoms with Crippen molar-refractivity contribution in [3.05, 3.63) is 35.1 Å². The van der Waals surface area contributed by atoms with Crippen LogP contribution in [0.3, 0.4) is 0 Å². The normalized spacial score (nSPS) is 11.0. The maximum absolute atomic E-state index is 13.0. The molecule has 0 aliphatic carbocycles. The largest absolute Gasteiger partial charge is 0.383 e. The molecule has 0 bridgehead atoms. The molecule has 0 radical (unpaired) electrons. The quantitative estimate of drug-likeness (QED) is 0.315. The van der Waals surface area contributed by atoms with Crippen molar-refractivity contribution in [1.82, 2.24) is 10.6 Å². The van der Waals surface area contributed by atoms with E-state index in [0.717, 1.165) is 36.6 Å². The number of hydrogen-bond donors (Lipinski definition) is 2. The van der Waals surface area contributed by atoms with Crippen LogP contribution >= 0.6 is 24.0 Å². The zero-order chi connectivity index (χ0) is 14.8. The molecule has 0 heterocycles. The maximum atomic E-state index is 13.0. The number of methoxy groups -OCH3 is 1. The first-order chi connectivity index (χ1) is 9.67. The van der Waals surface area contributed by atoms with Crippen molar-refractivity contribution in [3.8, 4) is 0 Å². The number of hydrogen-bond acceptors (Lipinski definition) is 2. The summed E-state index contributed by atoms with van der Waals surface area (Å²) in [6, 6.07) is 4.90. The highest BCUT2D eigenvalue weighted by Crippen LogP contribution is 2.10. The van der Waals surface area contributed by atoms with E-state index >= 15 is 0 Å². The topological polar surface area (TPSA) is 45.7 Å². The molecule has 1 aromatic carbocycles. The van der Waals surface area contributed by atoms with Crippen molar-refractivity contribution in [2.75, 3.05) is 33.4 Å². The van der Waals surface area contributed by atoms with Crippen molar-refractivity contribution in [2.45, 2.75) is 20.3 Å². The SMILES string of the molecule is CCNC(=NCCOC)NCCc1ccc(F)cc1C.I. The molecule has 2 N–H and O–H groups in total. The lowest BCUT2D eigenvalue weighted by molar-refractivity contribution is 0.208. The second-order valence-electron chi connectivity index (χ2n) is 4.50. The van der Waals surface area contributed by atoms with Gasteiger partial charge in [0.25, 0.3) is 0 Å². The Bertz CT molecular complexity index is 441. The van der Waals surface area contributed by atoms with E-state index in [0.29, 0.717) is 13.2 Å². The van der Waals surface area contributed by atoms with Gasteiger partial charge in [-0.3, -0.25) is 4.99 Å². The van der Waals surface area contributed by atoms with Gasteiger partial charge in [-0.1, -0.05) is 6.07 Å². The van der Waals surface area contributed by atoms with Crippen LogP contribution in [-0.2, 0) is 11.2 Å². The second-order valence-corrected chi connectivity index (χ2v) is 4.50. The molecular formula is C15H25FIN3O. The average molecular weight is 409 g/mol. The molecular weight excluding hydrogens is 384 g/mol. The van der Waals surface area contributed by atoms with Crippen LogP contribution in [0.5, 0.6) is 0 Å². The van der Waals surface area contributed by atoms with Crippen LogP contribution in [0.25, 0.3) is 0 Å². The van der Waals surface area contributed by atoms with Gasteiger partial charge in [0.05, 0.1) is 13.2 Å². The molecule has 120 valence electrons. The van der Waals surface area contributed by atoms with E-state index in [1.807, 2.05) is 19.9 Å². The molecule has 4 nitrogen and oxygen atoms in total. The molecule has 1 rings (SSSR count). The van der Waals surface area contributed by atoms with Crippen LogP contribution in [0.2, 0.25) is 0 Å². The summed E-state index contributed by atoms with van der Waals surface area (Å²) < 4.78 is 18.0. The molecule has 1 aromatic rings. The Labute approximate surface area is 143 Å². The Hall–Kier alpha value is -0.890. The van der Waals surface area contributed by atoms with E-state index in [1.54, 1.807) is 13.2 Å². The Kier molecular flexibility index (Phi) is 11.2. The number of aryl methyl sites for hydroxylation is 1. The molecule has 0 aliphatic heterocycles. The lowest BCUT2D eigenvalue weighted by atomic mass is 10.1. The summed E-state index contributed by atoms with van der Waals surface area (Å²) in [6.07, 6.45) is 0.834. The zero-order valence-electron chi connectivity index (χ0n) is 12.9. The molecule has 0 saturated heterocycles. The number of nitrogens with zero attached hydrogens (tertiary/aromatic N) is 1. The molecule has 0 unspecified atom stereocenters. The summed E-state index contributed by atoms with van der Waals surface area (Å²) in [5, 5.41) is 6.43. The van der Waals surface area contributed by atoms with Gasteiger partial charge in [0, 0.05) is 20.2 Å². The Morgan fingerprint density at radius 2 is 2.10 bits per heavy atom. The molecule has 0 atom stereocenters. The lowest BCUT2D eigenvalue weighted by Crippen LogP contribution is -2.38. The third-order valence-corrected chi connectivity index (χ3v) is 2.90. The molecule has 0 aromatic heterocycles. The summed E-state index contributed by atoms with van der Waals surface area (Å²) in [6.45, 7) is 6.75.